The van der Waals surface area contributed by atoms with Gasteiger partial charge >= 0.3 is 0 Å². The maximum Gasteiger partial charge on any atom is 0.216 e. The highest BCUT2D eigenvalue weighted by molar-refractivity contribution is 7.89. The SMILES string of the molecule is CCNC1CCN(S(=O)(=O)C2CCCC2)CC1C. The van der Waals surface area contributed by atoms with E-state index in [0.29, 0.717) is 25.0 Å². The summed E-state index contributed by atoms with van der Waals surface area (Å²) in [5.74, 6) is 0.412. The molecule has 2 unspecified atom stereocenters. The van der Waals surface area contributed by atoms with Crippen molar-refractivity contribution in [3.05, 3.63) is 0 Å². The van der Waals surface area contributed by atoms with Crippen LogP contribution in [0.25, 0.3) is 0 Å². The van der Waals surface area contributed by atoms with E-state index >= 15 is 0 Å². The van der Waals surface area contributed by atoms with Gasteiger partial charge in [0.2, 0.25) is 10.0 Å². The monoisotopic (exact) mass is 274 g/mol. The molecule has 1 saturated carbocycles. The first-order chi connectivity index (χ1) is 8.55. The van der Waals surface area contributed by atoms with E-state index < -0.39 is 10.0 Å². The van der Waals surface area contributed by atoms with E-state index in [9.17, 15) is 8.42 Å². The molecule has 4 nitrogen and oxygen atoms in total. The van der Waals surface area contributed by atoms with E-state index in [-0.39, 0.29) is 5.25 Å². The molecule has 5 heteroatoms. The van der Waals surface area contributed by atoms with Crippen LogP contribution < -0.4 is 5.32 Å². The first kappa shape index (κ1) is 14.3. The second-order valence-electron chi connectivity index (χ2n) is 5.74. The molecule has 1 aliphatic carbocycles. The molecule has 0 aromatic carbocycles. The average Bonchev–Trinajstić information content (AvgIpc) is 2.86. The van der Waals surface area contributed by atoms with Gasteiger partial charge in [-0.05, 0) is 31.7 Å². The molecule has 1 aliphatic heterocycles. The van der Waals surface area contributed by atoms with Crippen LogP contribution >= 0.6 is 0 Å². The largest absolute Gasteiger partial charge is 0.314 e. The van der Waals surface area contributed by atoms with Crippen LogP contribution in [0, 0.1) is 5.92 Å². The summed E-state index contributed by atoms with van der Waals surface area (Å²) < 4.78 is 26.8. The number of nitrogens with zero attached hydrogens (tertiary/aromatic N) is 1. The zero-order chi connectivity index (χ0) is 13.2. The average molecular weight is 274 g/mol. The fraction of sp³-hybridized carbons (Fsp3) is 1.00. The standard InChI is InChI=1S/C13H26N2O2S/c1-3-14-13-8-9-15(10-11(13)2)18(16,17)12-6-4-5-7-12/h11-14H,3-10H2,1-2H3. The smallest absolute Gasteiger partial charge is 0.216 e. The molecule has 1 N–H and O–H groups in total. The Hall–Kier alpha value is -0.130. The molecule has 2 rings (SSSR count). The summed E-state index contributed by atoms with van der Waals surface area (Å²) in [4.78, 5) is 0. The number of piperidine rings is 1. The summed E-state index contributed by atoms with van der Waals surface area (Å²) in [5.41, 5.74) is 0. The summed E-state index contributed by atoms with van der Waals surface area (Å²) in [7, 11) is -3.03. The Bertz CT molecular complexity index is 363. The van der Waals surface area contributed by atoms with Gasteiger partial charge in [-0.15, -0.1) is 0 Å². The zero-order valence-corrected chi connectivity index (χ0v) is 12.4. The van der Waals surface area contributed by atoms with Gasteiger partial charge in [0.05, 0.1) is 5.25 Å². The third kappa shape index (κ3) is 2.89. The van der Waals surface area contributed by atoms with Gasteiger partial charge in [0, 0.05) is 19.1 Å². The van der Waals surface area contributed by atoms with Gasteiger partial charge in [-0.2, -0.15) is 0 Å². The summed E-state index contributed by atoms with van der Waals surface area (Å²) in [6.45, 7) is 6.61. The first-order valence-corrected chi connectivity index (χ1v) is 8.78. The van der Waals surface area contributed by atoms with Gasteiger partial charge in [0.25, 0.3) is 0 Å². The Morgan fingerprint density at radius 3 is 2.44 bits per heavy atom. The van der Waals surface area contributed by atoms with Crippen LogP contribution in [0.5, 0.6) is 0 Å². The van der Waals surface area contributed by atoms with Crippen LogP contribution in [0.4, 0.5) is 0 Å². The van der Waals surface area contributed by atoms with Crippen LogP contribution in [0.15, 0.2) is 0 Å². The maximum atomic E-state index is 12.5. The first-order valence-electron chi connectivity index (χ1n) is 7.28. The predicted molar refractivity (Wildman–Crippen MR) is 74.0 cm³/mol. The minimum atomic E-state index is -3.03. The van der Waals surface area contributed by atoms with E-state index in [2.05, 4.69) is 19.2 Å². The fourth-order valence-corrected chi connectivity index (χ4v) is 5.45. The lowest BCUT2D eigenvalue weighted by molar-refractivity contribution is 0.221. The normalized spacial score (nSPS) is 31.9. The van der Waals surface area contributed by atoms with Crippen molar-refractivity contribution in [2.24, 2.45) is 5.92 Å². The minimum absolute atomic E-state index is 0.0969. The Morgan fingerprint density at radius 1 is 1.22 bits per heavy atom. The Kier molecular flexibility index (Phi) is 4.67. The minimum Gasteiger partial charge on any atom is -0.314 e. The third-order valence-electron chi connectivity index (χ3n) is 4.42. The quantitative estimate of drug-likeness (QED) is 0.847. The van der Waals surface area contributed by atoms with Crippen molar-refractivity contribution in [3.8, 4) is 0 Å². The zero-order valence-electron chi connectivity index (χ0n) is 11.6. The second kappa shape index (κ2) is 5.88. The molecule has 2 aliphatic rings. The third-order valence-corrected chi connectivity index (χ3v) is 6.78. The molecule has 2 fully saturated rings. The van der Waals surface area contributed by atoms with Crippen molar-refractivity contribution in [1.82, 2.24) is 9.62 Å². The predicted octanol–water partition coefficient (Wildman–Crippen LogP) is 1.58. The second-order valence-corrected chi connectivity index (χ2v) is 7.95. The number of nitrogens with one attached hydrogen (secondary N) is 1. The van der Waals surface area contributed by atoms with Crippen LogP contribution in [0.2, 0.25) is 0 Å². The molecule has 1 heterocycles. The topological polar surface area (TPSA) is 49.4 Å². The van der Waals surface area contributed by atoms with Gasteiger partial charge in [0.1, 0.15) is 0 Å². The highest BCUT2D eigenvalue weighted by atomic mass is 32.2. The van der Waals surface area contributed by atoms with Gasteiger partial charge in [-0.1, -0.05) is 26.7 Å². The lowest BCUT2D eigenvalue weighted by atomic mass is 9.95. The van der Waals surface area contributed by atoms with E-state index in [1.54, 1.807) is 4.31 Å². The van der Waals surface area contributed by atoms with Crippen molar-refractivity contribution >= 4 is 10.0 Å². The van der Waals surface area contributed by atoms with Gasteiger partial charge in [-0.25, -0.2) is 12.7 Å². The molecule has 1 saturated heterocycles. The van der Waals surface area contributed by atoms with E-state index in [1.165, 1.54) is 0 Å². The fourth-order valence-electron chi connectivity index (χ4n) is 3.30. The van der Waals surface area contributed by atoms with Crippen molar-refractivity contribution in [2.45, 2.75) is 57.2 Å². The number of hydrogen-bond donors (Lipinski definition) is 1. The van der Waals surface area contributed by atoms with E-state index in [4.69, 9.17) is 0 Å². The van der Waals surface area contributed by atoms with Gasteiger partial charge in [0.15, 0.2) is 0 Å². The molecule has 18 heavy (non-hydrogen) atoms. The lowest BCUT2D eigenvalue weighted by Gasteiger charge is -2.37. The summed E-state index contributed by atoms with van der Waals surface area (Å²) in [5, 5.41) is 3.36. The van der Waals surface area contributed by atoms with E-state index in [0.717, 1.165) is 38.6 Å². The molecule has 0 spiro atoms. The maximum absolute atomic E-state index is 12.5. The van der Waals surface area contributed by atoms with Crippen LogP contribution in [0.1, 0.15) is 46.0 Å². The number of sulfonamides is 1. The van der Waals surface area contributed by atoms with Crippen molar-refractivity contribution in [2.75, 3.05) is 19.6 Å². The summed E-state index contributed by atoms with van der Waals surface area (Å²) in [6, 6.07) is 0.477. The van der Waals surface area contributed by atoms with Crippen LogP contribution in [-0.4, -0.2) is 43.6 Å². The molecule has 0 amide bonds. The van der Waals surface area contributed by atoms with Crippen molar-refractivity contribution < 1.29 is 8.42 Å². The highest BCUT2D eigenvalue weighted by Crippen LogP contribution is 2.29. The number of hydrogen-bond acceptors (Lipinski definition) is 3. The molecule has 0 aromatic rings. The summed E-state index contributed by atoms with van der Waals surface area (Å²) >= 11 is 0. The van der Waals surface area contributed by atoms with Crippen LogP contribution in [-0.2, 0) is 10.0 Å². The Labute approximate surface area is 111 Å². The van der Waals surface area contributed by atoms with Crippen molar-refractivity contribution in [1.29, 1.82) is 0 Å². The Balaban J connectivity index is 1.98. The molecular formula is C13H26N2O2S. The van der Waals surface area contributed by atoms with Crippen LogP contribution in [0.3, 0.4) is 0 Å². The molecule has 2 atom stereocenters. The number of rotatable bonds is 4. The van der Waals surface area contributed by atoms with Gasteiger partial charge in [-0.3, -0.25) is 0 Å². The molecule has 0 aromatic heterocycles. The van der Waals surface area contributed by atoms with Gasteiger partial charge < -0.3 is 5.32 Å². The molecule has 0 radical (unpaired) electrons. The molecular weight excluding hydrogens is 248 g/mol. The Morgan fingerprint density at radius 2 is 1.89 bits per heavy atom. The van der Waals surface area contributed by atoms with Crippen molar-refractivity contribution in [3.63, 3.8) is 0 Å². The van der Waals surface area contributed by atoms with E-state index in [1.807, 2.05) is 0 Å². The molecule has 0 bridgehead atoms. The summed E-state index contributed by atoms with van der Waals surface area (Å²) in [6.07, 6.45) is 4.83. The molecule has 106 valence electrons. The highest BCUT2D eigenvalue weighted by Gasteiger charge is 2.37. The lowest BCUT2D eigenvalue weighted by Crippen LogP contribution is -2.51.